The van der Waals surface area contributed by atoms with E-state index in [1.165, 1.54) is 66.8 Å². The molecule has 4 aromatic carbocycles. The van der Waals surface area contributed by atoms with E-state index in [2.05, 4.69) is 152 Å². The van der Waals surface area contributed by atoms with E-state index in [1.54, 1.807) is 0 Å². The SMILES string of the molecule is CCC(C)C1=Cc2c(-c3ccccc3C)cccc2[CH]1[Hf]([Cl])([Cl])([CH]1C(C(C)CC)=Cc2c(-c3ccccc3C)cccc21)[SiH](C)C. The van der Waals surface area contributed by atoms with Gasteiger partial charge in [-0.15, -0.1) is 0 Å². The van der Waals surface area contributed by atoms with Gasteiger partial charge in [-0.3, -0.25) is 0 Å². The molecule has 6 rings (SSSR count). The van der Waals surface area contributed by atoms with Crippen LogP contribution >= 0.6 is 17.2 Å². The molecule has 0 saturated heterocycles. The zero-order chi connectivity index (χ0) is 33.0. The van der Waals surface area contributed by atoms with Crippen molar-refractivity contribution in [3.8, 4) is 22.3 Å². The Hall–Kier alpha value is -1.97. The molecule has 0 saturated carbocycles. The Balaban J connectivity index is 1.65. The van der Waals surface area contributed by atoms with Crippen molar-refractivity contribution in [3.63, 3.8) is 0 Å². The van der Waals surface area contributed by atoms with Crippen LogP contribution in [0.5, 0.6) is 0 Å². The maximum absolute atomic E-state index is 8.81. The van der Waals surface area contributed by atoms with Crippen molar-refractivity contribution >= 4 is 35.3 Å². The molecule has 0 spiro atoms. The van der Waals surface area contributed by atoms with Crippen LogP contribution in [0, 0.1) is 25.7 Å². The third kappa shape index (κ3) is 5.25. The number of halogens is 2. The first-order valence-electron chi connectivity index (χ1n) is 17.3. The normalized spacial score (nSPS) is 19.6. The first-order chi connectivity index (χ1) is 21.9. The van der Waals surface area contributed by atoms with Crippen molar-refractivity contribution in [2.45, 2.75) is 74.8 Å². The Labute approximate surface area is 286 Å². The molecule has 0 bridgehead atoms. The predicted molar refractivity (Wildman–Crippen MR) is 204 cm³/mol. The molecular weight excluding hydrogens is 782 g/mol. The molecule has 4 unspecified atom stereocenters. The Morgan fingerprint density at radius 3 is 1.30 bits per heavy atom. The van der Waals surface area contributed by atoms with E-state index in [9.17, 15) is 0 Å². The van der Waals surface area contributed by atoms with E-state index in [0.717, 1.165) is 12.8 Å². The van der Waals surface area contributed by atoms with Crippen molar-refractivity contribution < 1.29 is 15.3 Å². The molecule has 0 radical (unpaired) electrons. The molecule has 0 aliphatic heterocycles. The van der Waals surface area contributed by atoms with Crippen molar-refractivity contribution in [2.24, 2.45) is 11.8 Å². The number of fused-ring (bicyclic) bond motifs is 2. The second-order valence-corrected chi connectivity index (χ2v) is 73.7. The summed E-state index contributed by atoms with van der Waals surface area (Å²) < 4.78 is 0.206. The van der Waals surface area contributed by atoms with Gasteiger partial charge in [-0.25, -0.2) is 0 Å². The Bertz CT molecular complexity index is 1740. The van der Waals surface area contributed by atoms with Crippen LogP contribution in [0.4, 0.5) is 0 Å². The fourth-order valence-corrected chi connectivity index (χ4v) is 52.7. The van der Waals surface area contributed by atoms with Gasteiger partial charge < -0.3 is 0 Å². The predicted octanol–water partition coefficient (Wildman–Crippen LogP) is 13.3. The number of hydrogen-bond acceptors (Lipinski definition) is 0. The van der Waals surface area contributed by atoms with Crippen molar-refractivity contribution in [2.75, 3.05) is 0 Å². The van der Waals surface area contributed by atoms with Crippen molar-refractivity contribution in [1.29, 1.82) is 0 Å². The van der Waals surface area contributed by atoms with Gasteiger partial charge in [0.05, 0.1) is 0 Å². The molecule has 0 amide bonds. The quantitative estimate of drug-likeness (QED) is 0.147. The summed E-state index contributed by atoms with van der Waals surface area (Å²) in [4.78, 5) is 0. The zero-order valence-electron chi connectivity index (χ0n) is 28.8. The van der Waals surface area contributed by atoms with Crippen LogP contribution in [0.25, 0.3) is 34.4 Å². The van der Waals surface area contributed by atoms with Crippen LogP contribution in [-0.4, -0.2) is 5.98 Å². The summed E-state index contributed by atoms with van der Waals surface area (Å²) in [6, 6.07) is 31.5. The molecule has 0 N–H and O–H groups in total. The molecular formula is C42H49Cl2HfSi. The second-order valence-electron chi connectivity index (χ2n) is 14.4. The van der Waals surface area contributed by atoms with Crippen LogP contribution in [0.1, 0.15) is 81.3 Å². The van der Waals surface area contributed by atoms with Gasteiger partial charge in [-0.05, 0) is 0 Å². The van der Waals surface area contributed by atoms with Gasteiger partial charge in [-0.2, -0.15) is 0 Å². The van der Waals surface area contributed by atoms with Gasteiger partial charge in [0.1, 0.15) is 0 Å². The molecule has 239 valence electrons. The first-order valence-corrected chi connectivity index (χ1v) is 39.5. The molecule has 0 heterocycles. The van der Waals surface area contributed by atoms with Crippen LogP contribution < -0.4 is 0 Å². The Kier molecular flexibility index (Phi) is 9.44. The summed E-state index contributed by atoms with van der Waals surface area (Å²) in [5, 5.41) is 0. The summed E-state index contributed by atoms with van der Waals surface area (Å²) in [6.45, 7) is 18.8. The van der Waals surface area contributed by atoms with E-state index in [1.807, 2.05) is 0 Å². The third-order valence-corrected chi connectivity index (χ3v) is 84.2. The monoisotopic (exact) mass is 831 g/mol. The van der Waals surface area contributed by atoms with E-state index < -0.39 is 21.3 Å². The number of aryl methyl sites for hydroxylation is 2. The Morgan fingerprint density at radius 2 is 0.957 bits per heavy atom. The van der Waals surface area contributed by atoms with Crippen LogP contribution in [0.2, 0.25) is 13.1 Å². The second kappa shape index (κ2) is 12.8. The first kappa shape index (κ1) is 33.9. The van der Waals surface area contributed by atoms with E-state index in [4.69, 9.17) is 17.2 Å². The summed E-state index contributed by atoms with van der Waals surface area (Å²) in [6.07, 6.45) is 7.20. The topological polar surface area (TPSA) is 0 Å². The van der Waals surface area contributed by atoms with Crippen LogP contribution in [-0.2, 0) is 15.3 Å². The van der Waals surface area contributed by atoms with Gasteiger partial charge in [0.25, 0.3) is 0 Å². The molecule has 2 aliphatic carbocycles. The van der Waals surface area contributed by atoms with Crippen LogP contribution in [0.15, 0.2) is 96.1 Å². The summed E-state index contributed by atoms with van der Waals surface area (Å²) >= 11 is -5.07. The van der Waals surface area contributed by atoms with E-state index in [-0.39, 0.29) is 7.35 Å². The Morgan fingerprint density at radius 1 is 0.587 bits per heavy atom. The molecule has 0 nitrogen and oxygen atoms in total. The standard InChI is InChI=1S/2C20H21.C2H7Si.2ClH.Hf/c2*1-4-14(2)17-12-16-9-7-11-19(20(16)13-17)18-10-6-5-8-15(18)3;1-3-2;;;/h2*5-14H,4H2,1-3H3;3H,1-2H3;2*1H;/q;;;;;+2/p-2. The van der Waals surface area contributed by atoms with E-state index in [0.29, 0.717) is 11.8 Å². The molecule has 4 aromatic rings. The number of hydrogen-bond donors (Lipinski definition) is 0. The van der Waals surface area contributed by atoms with Gasteiger partial charge in [-0.1, -0.05) is 0 Å². The minimum atomic E-state index is -5.07. The van der Waals surface area contributed by atoms with Gasteiger partial charge in [0, 0.05) is 0 Å². The summed E-state index contributed by atoms with van der Waals surface area (Å²) in [5.41, 5.74) is 16.2. The number of benzene rings is 4. The average molecular weight is 831 g/mol. The van der Waals surface area contributed by atoms with Crippen molar-refractivity contribution in [3.05, 3.63) is 129 Å². The molecule has 4 atom stereocenters. The molecule has 4 heteroatoms. The van der Waals surface area contributed by atoms with Gasteiger partial charge >= 0.3 is 289 Å². The zero-order valence-corrected chi connectivity index (χ0v) is 35.1. The molecule has 0 aromatic heterocycles. The third-order valence-electron chi connectivity index (χ3n) is 11.6. The van der Waals surface area contributed by atoms with Gasteiger partial charge in [0.15, 0.2) is 0 Å². The van der Waals surface area contributed by atoms with E-state index >= 15 is 0 Å². The summed E-state index contributed by atoms with van der Waals surface area (Å²) in [5.74, 6) is -0.849. The molecule has 0 fully saturated rings. The summed E-state index contributed by atoms with van der Waals surface area (Å²) in [7, 11) is 17.6. The molecule has 2 aliphatic rings. The molecule has 46 heavy (non-hydrogen) atoms. The fraction of sp³-hybridized carbons (Fsp3) is 0.333. The average Bonchev–Trinajstić information content (AvgIpc) is 3.65. The number of rotatable bonds is 9. The fourth-order valence-electron chi connectivity index (χ4n) is 8.46. The van der Waals surface area contributed by atoms with Gasteiger partial charge in [0.2, 0.25) is 0 Å². The van der Waals surface area contributed by atoms with Crippen LogP contribution in [0.3, 0.4) is 0 Å². The number of allylic oxidation sites excluding steroid dienone is 2. The van der Waals surface area contributed by atoms with Crippen molar-refractivity contribution in [1.82, 2.24) is 0 Å². The maximum atomic E-state index is 8.81. The minimum absolute atomic E-state index is 0.103.